The Bertz CT molecular complexity index is 456. The Kier molecular flexibility index (Phi) is 4.44. The van der Waals surface area contributed by atoms with E-state index in [4.69, 9.17) is 0 Å². The van der Waals surface area contributed by atoms with Crippen molar-refractivity contribution < 1.29 is 4.79 Å². The lowest BCUT2D eigenvalue weighted by Gasteiger charge is -2.30. The summed E-state index contributed by atoms with van der Waals surface area (Å²) in [6.45, 7) is 8.55. The molecular formula is C15H20OS2. The smallest absolute Gasteiger partial charge is 0.176 e. The van der Waals surface area contributed by atoms with Crippen LogP contribution in [0.5, 0.6) is 0 Å². The van der Waals surface area contributed by atoms with Crippen molar-refractivity contribution in [3.63, 3.8) is 0 Å². The van der Waals surface area contributed by atoms with Gasteiger partial charge in [0, 0.05) is 21.8 Å². The van der Waals surface area contributed by atoms with Gasteiger partial charge in [-0.1, -0.05) is 31.5 Å². The molecule has 0 amide bonds. The third-order valence-electron chi connectivity index (χ3n) is 3.50. The molecule has 0 bridgehead atoms. The van der Waals surface area contributed by atoms with Crippen LogP contribution in [0.3, 0.4) is 0 Å². The lowest BCUT2D eigenvalue weighted by atomic mass is 10.0. The van der Waals surface area contributed by atoms with Crippen molar-refractivity contribution in [2.75, 3.05) is 5.75 Å². The Hall–Kier alpha value is -0.410. The van der Waals surface area contributed by atoms with Crippen LogP contribution in [0, 0.1) is 13.8 Å². The van der Waals surface area contributed by atoms with Crippen molar-refractivity contribution in [1.29, 1.82) is 0 Å². The fourth-order valence-electron chi connectivity index (χ4n) is 2.10. The third-order valence-corrected chi connectivity index (χ3v) is 6.89. The van der Waals surface area contributed by atoms with Crippen LogP contribution in [0.2, 0.25) is 0 Å². The Morgan fingerprint density at radius 2 is 1.94 bits per heavy atom. The largest absolute Gasteiger partial charge is 0.293 e. The van der Waals surface area contributed by atoms with Gasteiger partial charge in [-0.15, -0.1) is 11.8 Å². The lowest BCUT2D eigenvalue weighted by Crippen LogP contribution is -2.32. The van der Waals surface area contributed by atoms with Gasteiger partial charge in [0.25, 0.3) is 0 Å². The molecule has 0 aromatic heterocycles. The van der Waals surface area contributed by atoms with Crippen LogP contribution < -0.4 is 0 Å². The molecule has 0 spiro atoms. The summed E-state index contributed by atoms with van der Waals surface area (Å²) < 4.78 is 0. The van der Waals surface area contributed by atoms with Gasteiger partial charge in [-0.05, 0) is 25.5 Å². The molecule has 3 unspecified atom stereocenters. The topological polar surface area (TPSA) is 17.1 Å². The van der Waals surface area contributed by atoms with E-state index in [0.29, 0.717) is 16.3 Å². The van der Waals surface area contributed by atoms with Crippen LogP contribution in [0.25, 0.3) is 0 Å². The zero-order valence-corrected chi connectivity index (χ0v) is 13.0. The van der Waals surface area contributed by atoms with E-state index in [2.05, 4.69) is 26.0 Å². The number of hydrogen-bond donors (Lipinski definition) is 0. The van der Waals surface area contributed by atoms with Crippen molar-refractivity contribution in [2.45, 2.75) is 43.4 Å². The number of thioether (sulfide) groups is 2. The van der Waals surface area contributed by atoms with E-state index in [-0.39, 0.29) is 5.25 Å². The third kappa shape index (κ3) is 2.94. The number of hydrogen-bond acceptors (Lipinski definition) is 3. The number of carbonyl (C=O) groups is 1. The lowest BCUT2D eigenvalue weighted by molar-refractivity contribution is 0.0994. The van der Waals surface area contributed by atoms with Crippen LogP contribution >= 0.6 is 23.5 Å². The van der Waals surface area contributed by atoms with E-state index in [1.54, 1.807) is 0 Å². The molecule has 1 aliphatic rings. The van der Waals surface area contributed by atoms with Gasteiger partial charge in [0.05, 0.1) is 5.25 Å². The summed E-state index contributed by atoms with van der Waals surface area (Å²) in [6.07, 6.45) is 0. The van der Waals surface area contributed by atoms with Crippen molar-refractivity contribution in [2.24, 2.45) is 0 Å². The van der Waals surface area contributed by atoms with Crippen LogP contribution in [0.4, 0.5) is 0 Å². The number of rotatable bonds is 2. The minimum absolute atomic E-state index is 0.127. The van der Waals surface area contributed by atoms with E-state index in [1.807, 2.05) is 43.4 Å². The van der Waals surface area contributed by atoms with Gasteiger partial charge >= 0.3 is 0 Å². The van der Waals surface area contributed by atoms with Gasteiger partial charge in [0.15, 0.2) is 5.78 Å². The van der Waals surface area contributed by atoms with Gasteiger partial charge in [-0.3, -0.25) is 4.79 Å². The Labute approximate surface area is 118 Å². The first-order chi connectivity index (χ1) is 8.49. The van der Waals surface area contributed by atoms with Gasteiger partial charge in [0.1, 0.15) is 0 Å². The molecular weight excluding hydrogens is 260 g/mol. The molecule has 0 aliphatic carbocycles. The van der Waals surface area contributed by atoms with Crippen molar-refractivity contribution in [3.05, 3.63) is 34.9 Å². The number of aryl methyl sites for hydroxylation is 2. The molecule has 3 atom stereocenters. The molecule has 1 heterocycles. The van der Waals surface area contributed by atoms with E-state index in [1.165, 1.54) is 5.56 Å². The minimum Gasteiger partial charge on any atom is -0.293 e. The fraction of sp³-hybridized carbons (Fsp3) is 0.533. The molecule has 0 radical (unpaired) electrons. The molecule has 1 fully saturated rings. The molecule has 98 valence electrons. The molecule has 1 nitrogen and oxygen atoms in total. The van der Waals surface area contributed by atoms with Gasteiger partial charge in [-0.2, -0.15) is 11.8 Å². The summed E-state index contributed by atoms with van der Waals surface area (Å²) in [5.74, 6) is 1.26. The quantitative estimate of drug-likeness (QED) is 0.759. The summed E-state index contributed by atoms with van der Waals surface area (Å²) in [6, 6.07) is 6.15. The first-order valence-electron chi connectivity index (χ1n) is 6.37. The molecule has 18 heavy (non-hydrogen) atoms. The van der Waals surface area contributed by atoms with Crippen LogP contribution in [-0.4, -0.2) is 27.3 Å². The monoisotopic (exact) mass is 280 g/mol. The normalized spacial score (nSPS) is 28.1. The van der Waals surface area contributed by atoms with E-state index < -0.39 is 0 Å². The van der Waals surface area contributed by atoms with Crippen molar-refractivity contribution in [1.82, 2.24) is 0 Å². The molecule has 0 N–H and O–H groups in total. The highest BCUT2D eigenvalue weighted by Crippen LogP contribution is 2.37. The van der Waals surface area contributed by atoms with Gasteiger partial charge < -0.3 is 0 Å². The zero-order valence-electron chi connectivity index (χ0n) is 11.4. The predicted octanol–water partition coefficient (Wildman–Crippen LogP) is 4.11. The Morgan fingerprint density at radius 3 is 2.61 bits per heavy atom. The van der Waals surface area contributed by atoms with Crippen molar-refractivity contribution in [3.8, 4) is 0 Å². The second-order valence-corrected chi connectivity index (χ2v) is 8.05. The Morgan fingerprint density at radius 1 is 1.22 bits per heavy atom. The minimum atomic E-state index is 0.127. The van der Waals surface area contributed by atoms with Crippen LogP contribution in [-0.2, 0) is 0 Å². The van der Waals surface area contributed by atoms with Crippen LogP contribution in [0.15, 0.2) is 18.2 Å². The number of ketones is 1. The van der Waals surface area contributed by atoms with Crippen molar-refractivity contribution >= 4 is 29.3 Å². The zero-order chi connectivity index (χ0) is 13.3. The van der Waals surface area contributed by atoms with E-state index in [0.717, 1.165) is 16.9 Å². The number of benzene rings is 1. The summed E-state index contributed by atoms with van der Waals surface area (Å²) in [4.78, 5) is 12.6. The van der Waals surface area contributed by atoms with E-state index >= 15 is 0 Å². The average molecular weight is 280 g/mol. The maximum atomic E-state index is 12.6. The number of Topliss-reactive ketones (excluding diaryl/α,β-unsaturated/α-hetero) is 1. The molecule has 1 saturated heterocycles. The average Bonchev–Trinajstić information content (AvgIpc) is 2.35. The summed E-state index contributed by atoms with van der Waals surface area (Å²) in [5, 5.41) is 1.34. The Balaban J connectivity index is 2.19. The second kappa shape index (κ2) is 5.70. The molecule has 1 aliphatic heterocycles. The molecule has 1 aromatic carbocycles. The van der Waals surface area contributed by atoms with Crippen LogP contribution in [0.1, 0.15) is 35.3 Å². The SMILES string of the molecule is Cc1ccc(C)c(C(=O)C2CSC(C)C(C)S2)c1. The summed E-state index contributed by atoms with van der Waals surface area (Å²) >= 11 is 3.77. The standard InChI is InChI=1S/C15H20OS2/c1-9-5-6-10(2)13(7-9)15(16)14-8-17-11(3)12(4)18-14/h5-7,11-12,14H,8H2,1-4H3. The second-order valence-electron chi connectivity index (χ2n) is 5.05. The highest BCUT2D eigenvalue weighted by Gasteiger charge is 2.31. The fourth-order valence-corrected chi connectivity index (χ4v) is 4.96. The predicted molar refractivity (Wildman–Crippen MR) is 83.0 cm³/mol. The first kappa shape index (κ1) is 14.0. The van der Waals surface area contributed by atoms with Gasteiger partial charge in [-0.25, -0.2) is 0 Å². The number of carbonyl (C=O) groups excluding carboxylic acids is 1. The highest BCUT2D eigenvalue weighted by molar-refractivity contribution is 8.08. The molecule has 3 heteroatoms. The summed E-state index contributed by atoms with van der Waals surface area (Å²) in [5.41, 5.74) is 3.18. The molecule has 0 saturated carbocycles. The van der Waals surface area contributed by atoms with E-state index in [9.17, 15) is 4.79 Å². The van der Waals surface area contributed by atoms with Gasteiger partial charge in [0.2, 0.25) is 0 Å². The summed E-state index contributed by atoms with van der Waals surface area (Å²) in [7, 11) is 0. The molecule has 1 aromatic rings. The highest BCUT2D eigenvalue weighted by atomic mass is 32.2. The molecule has 2 rings (SSSR count). The maximum absolute atomic E-state index is 12.6. The maximum Gasteiger partial charge on any atom is 0.176 e. The first-order valence-corrected chi connectivity index (χ1v) is 8.36.